The molecule has 0 atom stereocenters. The van der Waals surface area contributed by atoms with Crippen molar-refractivity contribution in [2.45, 2.75) is 13.5 Å². The molecule has 0 saturated carbocycles. The van der Waals surface area contributed by atoms with Crippen molar-refractivity contribution in [2.24, 2.45) is 0 Å². The maximum Gasteiger partial charge on any atom is 0.137 e. The van der Waals surface area contributed by atoms with Crippen LogP contribution < -0.4 is 5.32 Å². The second kappa shape index (κ2) is 5.82. The van der Waals surface area contributed by atoms with Crippen molar-refractivity contribution in [2.75, 3.05) is 5.32 Å². The second-order valence-electron chi connectivity index (χ2n) is 4.93. The minimum Gasteiger partial charge on any atom is -0.379 e. The lowest BCUT2D eigenvalue weighted by Crippen LogP contribution is -2.01. The van der Waals surface area contributed by atoms with E-state index in [1.165, 1.54) is 6.07 Å². The number of aryl methyl sites for hydroxylation is 1. The molecule has 1 N–H and O–H groups in total. The van der Waals surface area contributed by atoms with Gasteiger partial charge in [0.1, 0.15) is 5.82 Å². The van der Waals surface area contributed by atoms with Gasteiger partial charge in [0.05, 0.1) is 15.7 Å². The lowest BCUT2D eigenvalue weighted by Gasteiger charge is -2.10. The van der Waals surface area contributed by atoms with Gasteiger partial charge in [-0.1, -0.05) is 24.3 Å². The van der Waals surface area contributed by atoms with E-state index in [9.17, 15) is 4.39 Å². The summed E-state index contributed by atoms with van der Waals surface area (Å²) < 4.78 is 13.7. The molecular weight excluding hydrogens is 331 g/mol. The van der Waals surface area contributed by atoms with Crippen molar-refractivity contribution in [1.82, 2.24) is 4.98 Å². The van der Waals surface area contributed by atoms with Crippen molar-refractivity contribution in [3.63, 3.8) is 0 Å². The molecule has 21 heavy (non-hydrogen) atoms. The maximum atomic E-state index is 13.2. The summed E-state index contributed by atoms with van der Waals surface area (Å²) in [5, 5.41) is 4.47. The van der Waals surface area contributed by atoms with Crippen LogP contribution in [0, 0.1) is 12.7 Å². The number of anilines is 1. The third kappa shape index (κ3) is 3.05. The fourth-order valence-electron chi connectivity index (χ4n) is 2.23. The molecule has 0 amide bonds. The predicted molar refractivity (Wildman–Crippen MR) is 87.9 cm³/mol. The molecule has 1 aromatic heterocycles. The zero-order valence-corrected chi connectivity index (χ0v) is 13.1. The Morgan fingerprint density at radius 2 is 2.00 bits per heavy atom. The van der Waals surface area contributed by atoms with E-state index in [0.29, 0.717) is 11.0 Å². The van der Waals surface area contributed by atoms with Crippen LogP contribution in [0.3, 0.4) is 0 Å². The van der Waals surface area contributed by atoms with Crippen molar-refractivity contribution in [3.8, 4) is 0 Å². The van der Waals surface area contributed by atoms with Gasteiger partial charge in [-0.2, -0.15) is 0 Å². The topological polar surface area (TPSA) is 24.9 Å². The lowest BCUT2D eigenvalue weighted by atomic mass is 10.1. The number of pyridine rings is 1. The van der Waals surface area contributed by atoms with Gasteiger partial charge in [0.15, 0.2) is 0 Å². The molecule has 0 bridgehead atoms. The quantitative estimate of drug-likeness (QED) is 0.718. The highest BCUT2D eigenvalue weighted by molar-refractivity contribution is 9.10. The van der Waals surface area contributed by atoms with E-state index >= 15 is 0 Å². The molecule has 2 aromatic carbocycles. The first-order valence-corrected chi connectivity index (χ1v) is 7.47. The number of nitrogens with one attached hydrogen (secondary N) is 1. The largest absolute Gasteiger partial charge is 0.379 e. The molecule has 1 heterocycles. The van der Waals surface area contributed by atoms with Crippen LogP contribution in [0.25, 0.3) is 10.9 Å². The van der Waals surface area contributed by atoms with E-state index in [4.69, 9.17) is 0 Å². The molecule has 0 saturated heterocycles. The fourth-order valence-corrected chi connectivity index (χ4v) is 2.66. The highest BCUT2D eigenvalue weighted by atomic mass is 79.9. The van der Waals surface area contributed by atoms with Gasteiger partial charge < -0.3 is 5.32 Å². The Hall–Kier alpha value is -1.94. The minimum atomic E-state index is -0.249. The van der Waals surface area contributed by atoms with E-state index in [1.54, 1.807) is 12.1 Å². The van der Waals surface area contributed by atoms with Gasteiger partial charge in [0, 0.05) is 17.6 Å². The van der Waals surface area contributed by atoms with Crippen LogP contribution in [0.15, 0.2) is 53.0 Å². The Kier molecular flexibility index (Phi) is 3.88. The number of halogens is 2. The molecule has 0 unspecified atom stereocenters. The first-order chi connectivity index (χ1) is 10.1. The molecule has 3 rings (SSSR count). The highest BCUT2D eigenvalue weighted by Crippen LogP contribution is 2.23. The molecular formula is C17H14BrFN2. The number of hydrogen-bond acceptors (Lipinski definition) is 2. The summed E-state index contributed by atoms with van der Waals surface area (Å²) >= 11 is 3.21. The predicted octanol–water partition coefficient (Wildman–Crippen LogP) is 5.06. The van der Waals surface area contributed by atoms with Crippen LogP contribution in [-0.4, -0.2) is 4.98 Å². The number of hydrogen-bond donors (Lipinski definition) is 1. The fraction of sp³-hybridized carbons (Fsp3) is 0.118. The molecule has 0 aliphatic heterocycles. The molecule has 4 heteroatoms. The third-order valence-corrected chi connectivity index (χ3v) is 3.93. The Morgan fingerprint density at radius 3 is 2.81 bits per heavy atom. The van der Waals surface area contributed by atoms with E-state index in [2.05, 4.69) is 32.3 Å². The van der Waals surface area contributed by atoms with Crippen molar-refractivity contribution < 1.29 is 4.39 Å². The van der Waals surface area contributed by atoms with Gasteiger partial charge in [0.25, 0.3) is 0 Å². The number of nitrogens with zero attached hydrogens (tertiary/aromatic N) is 1. The van der Waals surface area contributed by atoms with Gasteiger partial charge in [-0.3, -0.25) is 4.98 Å². The first-order valence-electron chi connectivity index (χ1n) is 6.68. The standard InChI is InChI=1S/C17H14BrFN2/c1-11-5-7-13-3-2-4-16(17(13)21-11)20-10-12-6-8-15(19)14(18)9-12/h2-9,20H,10H2,1H3. The summed E-state index contributed by atoms with van der Waals surface area (Å²) in [4.78, 5) is 4.59. The second-order valence-corrected chi connectivity index (χ2v) is 5.79. The van der Waals surface area contributed by atoms with E-state index in [0.717, 1.165) is 27.8 Å². The molecule has 3 aromatic rings. The van der Waals surface area contributed by atoms with Gasteiger partial charge in [-0.15, -0.1) is 0 Å². The SMILES string of the molecule is Cc1ccc2cccc(NCc3ccc(F)c(Br)c3)c2n1. The van der Waals surface area contributed by atoms with Gasteiger partial charge in [-0.05, 0) is 52.7 Å². The van der Waals surface area contributed by atoms with Crippen LogP contribution >= 0.6 is 15.9 Å². The number of rotatable bonds is 3. The van der Waals surface area contributed by atoms with Crippen LogP contribution in [0.4, 0.5) is 10.1 Å². The first kappa shape index (κ1) is 14.0. The van der Waals surface area contributed by atoms with Crippen molar-refractivity contribution in [1.29, 1.82) is 0 Å². The summed E-state index contributed by atoms with van der Waals surface area (Å²) in [6, 6.07) is 15.1. The number of benzene rings is 2. The van der Waals surface area contributed by atoms with Gasteiger partial charge >= 0.3 is 0 Å². The Labute approximate surface area is 131 Å². The van der Waals surface area contributed by atoms with Crippen LogP contribution in [0.2, 0.25) is 0 Å². The van der Waals surface area contributed by atoms with Crippen molar-refractivity contribution in [3.05, 3.63) is 70.1 Å². The Morgan fingerprint density at radius 1 is 1.14 bits per heavy atom. The zero-order chi connectivity index (χ0) is 14.8. The Balaban J connectivity index is 1.88. The molecule has 0 fully saturated rings. The molecule has 0 spiro atoms. The number of para-hydroxylation sites is 1. The van der Waals surface area contributed by atoms with Gasteiger partial charge in [-0.25, -0.2) is 4.39 Å². The highest BCUT2D eigenvalue weighted by Gasteiger charge is 2.04. The summed E-state index contributed by atoms with van der Waals surface area (Å²) in [6.45, 7) is 2.60. The summed E-state index contributed by atoms with van der Waals surface area (Å²) in [5.41, 5.74) is 3.93. The maximum absolute atomic E-state index is 13.2. The molecule has 2 nitrogen and oxygen atoms in total. The van der Waals surface area contributed by atoms with Crippen molar-refractivity contribution >= 4 is 32.5 Å². The number of fused-ring (bicyclic) bond motifs is 1. The lowest BCUT2D eigenvalue weighted by molar-refractivity contribution is 0.620. The van der Waals surface area contributed by atoms with Crippen LogP contribution in [0.1, 0.15) is 11.3 Å². The summed E-state index contributed by atoms with van der Waals surface area (Å²) in [6.07, 6.45) is 0. The molecule has 0 aliphatic rings. The summed E-state index contributed by atoms with van der Waals surface area (Å²) in [5.74, 6) is -0.249. The van der Waals surface area contributed by atoms with Crippen LogP contribution in [0.5, 0.6) is 0 Å². The average molecular weight is 345 g/mol. The minimum absolute atomic E-state index is 0.249. The van der Waals surface area contributed by atoms with Crippen LogP contribution in [-0.2, 0) is 6.54 Å². The smallest absolute Gasteiger partial charge is 0.137 e. The molecule has 0 radical (unpaired) electrons. The van der Waals surface area contributed by atoms with E-state index in [1.807, 2.05) is 31.2 Å². The zero-order valence-electron chi connectivity index (χ0n) is 11.5. The van der Waals surface area contributed by atoms with Gasteiger partial charge in [0.2, 0.25) is 0 Å². The average Bonchev–Trinajstić information content (AvgIpc) is 2.48. The summed E-state index contributed by atoms with van der Waals surface area (Å²) in [7, 11) is 0. The normalized spacial score (nSPS) is 10.8. The molecule has 0 aliphatic carbocycles. The van der Waals surface area contributed by atoms with E-state index in [-0.39, 0.29) is 5.82 Å². The Bertz CT molecular complexity index is 802. The third-order valence-electron chi connectivity index (χ3n) is 3.33. The van der Waals surface area contributed by atoms with E-state index < -0.39 is 0 Å². The molecule has 106 valence electrons. The monoisotopic (exact) mass is 344 g/mol. The number of aromatic nitrogens is 1.